The zero-order valence-electron chi connectivity index (χ0n) is 20.0. The minimum absolute atomic E-state index is 0.0334. The minimum Gasteiger partial charge on any atom is -0.432 e. The molecule has 37 heavy (non-hydrogen) atoms. The second kappa shape index (κ2) is 12.3. The van der Waals surface area contributed by atoms with Crippen LogP contribution in [0.2, 0.25) is 0 Å². The third kappa shape index (κ3) is 7.59. The van der Waals surface area contributed by atoms with Crippen LogP contribution in [0.15, 0.2) is 35.4 Å². The molecule has 0 saturated carbocycles. The van der Waals surface area contributed by atoms with E-state index in [2.05, 4.69) is 15.0 Å². The maximum absolute atomic E-state index is 14.6. The van der Waals surface area contributed by atoms with Crippen LogP contribution in [0.1, 0.15) is 44.9 Å². The number of alkyl halides is 5. The maximum atomic E-state index is 14.6. The highest BCUT2D eigenvalue weighted by Crippen LogP contribution is 2.36. The number of allylic oxidation sites excluding steroid dienone is 2. The topological polar surface area (TPSA) is 104 Å². The molecule has 0 aliphatic rings. The highest BCUT2D eigenvalue weighted by atomic mass is 32.2. The fraction of sp³-hybridized carbons (Fsp3) is 0.391. The van der Waals surface area contributed by atoms with Gasteiger partial charge in [0.2, 0.25) is 10.0 Å². The molecule has 2 N–H and O–H groups in total. The molecule has 0 fully saturated rings. The van der Waals surface area contributed by atoms with Gasteiger partial charge < -0.3 is 10.1 Å². The van der Waals surface area contributed by atoms with Gasteiger partial charge in [-0.25, -0.2) is 12.8 Å². The van der Waals surface area contributed by atoms with Crippen LogP contribution in [0.5, 0.6) is 5.75 Å². The first-order valence-electron chi connectivity index (χ1n) is 11.0. The summed E-state index contributed by atoms with van der Waals surface area (Å²) in [6, 6.07) is 3.71. The fourth-order valence-electron chi connectivity index (χ4n) is 3.21. The van der Waals surface area contributed by atoms with Crippen LogP contribution >= 0.6 is 0 Å². The Kier molecular flexibility index (Phi) is 9.93. The highest BCUT2D eigenvalue weighted by molar-refractivity contribution is 7.89. The first kappa shape index (κ1) is 29.9. The fourth-order valence-corrected chi connectivity index (χ4v) is 4.39. The summed E-state index contributed by atoms with van der Waals surface area (Å²) in [5.41, 5.74) is 0.466. The smallest absolute Gasteiger partial charge is 0.404 e. The van der Waals surface area contributed by atoms with E-state index in [0.29, 0.717) is 19.9 Å². The molecule has 0 spiro atoms. The Hall–Kier alpha value is -3.31. The summed E-state index contributed by atoms with van der Waals surface area (Å²) in [6.07, 6.45) is -3.18. The first-order valence-corrected chi connectivity index (χ1v) is 12.4. The standard InChI is InChI=1S/C23H24F6N4O3S/c1-4-8-31-20-10-21(36-22(25)26)18(24)9-16(20)17(11-30)15(5-2)19-7-6-14(12-32-19)37(34,35)33-13(3)23(27,28)29/h6-7,9-10,12-13,22,31,33H,4-5,8H2,1-3H3/b17-15+/t13-/m0/s1. The van der Waals surface area contributed by atoms with Crippen molar-refractivity contribution in [2.24, 2.45) is 0 Å². The number of sulfonamides is 1. The maximum Gasteiger partial charge on any atom is 0.404 e. The number of halogens is 6. The molecule has 14 heteroatoms. The molecule has 1 aromatic heterocycles. The van der Waals surface area contributed by atoms with Crippen molar-refractivity contribution >= 4 is 26.9 Å². The molecule has 2 aromatic rings. The predicted octanol–water partition coefficient (Wildman–Crippen LogP) is 5.72. The van der Waals surface area contributed by atoms with Gasteiger partial charge in [-0.3, -0.25) is 4.98 Å². The molecule has 0 radical (unpaired) electrons. The Balaban J connectivity index is 2.58. The molecule has 0 amide bonds. The SMILES string of the molecule is CCCNc1cc(OC(F)F)c(F)cc1/C(C#N)=C(\CC)c1ccc(S(=O)(=O)N[C@@H](C)C(F)(F)F)cn1. The van der Waals surface area contributed by atoms with Crippen molar-refractivity contribution in [2.75, 3.05) is 11.9 Å². The largest absolute Gasteiger partial charge is 0.432 e. The van der Waals surface area contributed by atoms with Crippen molar-refractivity contribution in [3.63, 3.8) is 0 Å². The summed E-state index contributed by atoms with van der Waals surface area (Å²) >= 11 is 0. The van der Waals surface area contributed by atoms with Crippen LogP contribution in [0.4, 0.5) is 32.0 Å². The van der Waals surface area contributed by atoms with Gasteiger partial charge >= 0.3 is 12.8 Å². The lowest BCUT2D eigenvalue weighted by Crippen LogP contribution is -2.42. The van der Waals surface area contributed by atoms with Crippen LogP contribution in [-0.2, 0) is 10.0 Å². The van der Waals surface area contributed by atoms with E-state index in [1.54, 1.807) is 6.92 Å². The number of rotatable bonds is 11. The van der Waals surface area contributed by atoms with Gasteiger partial charge in [-0.1, -0.05) is 13.8 Å². The molecule has 0 bridgehead atoms. The number of hydrogen-bond acceptors (Lipinski definition) is 6. The molecule has 2 rings (SSSR count). The quantitative estimate of drug-likeness (QED) is 0.274. The number of nitrogens with zero attached hydrogens (tertiary/aromatic N) is 2. The zero-order chi connectivity index (χ0) is 28.0. The average molecular weight is 551 g/mol. The lowest BCUT2D eigenvalue weighted by Gasteiger charge is -2.18. The van der Waals surface area contributed by atoms with Gasteiger partial charge in [0.15, 0.2) is 11.6 Å². The number of benzene rings is 1. The molecular formula is C23H24F6N4O3S. The van der Waals surface area contributed by atoms with E-state index in [1.165, 1.54) is 10.8 Å². The van der Waals surface area contributed by atoms with Gasteiger partial charge in [0, 0.05) is 30.1 Å². The van der Waals surface area contributed by atoms with E-state index >= 15 is 0 Å². The number of anilines is 1. The van der Waals surface area contributed by atoms with Gasteiger partial charge in [0.25, 0.3) is 0 Å². The van der Waals surface area contributed by atoms with Crippen molar-refractivity contribution in [2.45, 2.75) is 57.3 Å². The van der Waals surface area contributed by atoms with E-state index in [-0.39, 0.29) is 34.5 Å². The van der Waals surface area contributed by atoms with Crippen molar-refractivity contribution in [1.82, 2.24) is 9.71 Å². The van der Waals surface area contributed by atoms with E-state index < -0.39 is 45.3 Å². The average Bonchev–Trinajstić information content (AvgIpc) is 2.81. The number of aromatic nitrogens is 1. The van der Waals surface area contributed by atoms with Crippen molar-refractivity contribution in [3.8, 4) is 11.8 Å². The Bertz CT molecular complexity index is 1270. The zero-order valence-corrected chi connectivity index (χ0v) is 20.8. The van der Waals surface area contributed by atoms with Gasteiger partial charge in [0.05, 0.1) is 11.3 Å². The van der Waals surface area contributed by atoms with Crippen molar-refractivity contribution in [1.29, 1.82) is 5.26 Å². The molecular weight excluding hydrogens is 526 g/mol. The van der Waals surface area contributed by atoms with Gasteiger partial charge in [-0.05, 0) is 43.5 Å². The lowest BCUT2D eigenvalue weighted by atomic mass is 9.95. The number of nitriles is 1. The normalized spacial score (nSPS) is 13.6. The summed E-state index contributed by atoms with van der Waals surface area (Å²) < 4.78 is 109. The Morgan fingerprint density at radius 1 is 1.22 bits per heavy atom. The summed E-state index contributed by atoms with van der Waals surface area (Å²) in [6.45, 7) is 1.22. The molecule has 0 unspecified atom stereocenters. The van der Waals surface area contributed by atoms with Crippen molar-refractivity contribution < 1.29 is 39.5 Å². The number of hydrogen-bond donors (Lipinski definition) is 2. The summed E-state index contributed by atoms with van der Waals surface area (Å²) in [7, 11) is -4.56. The molecule has 1 atom stereocenters. The van der Waals surface area contributed by atoms with E-state index in [0.717, 1.165) is 24.4 Å². The summed E-state index contributed by atoms with van der Waals surface area (Å²) in [5, 5.41) is 12.8. The number of ether oxygens (including phenoxy) is 1. The van der Waals surface area contributed by atoms with Crippen LogP contribution in [-0.4, -0.2) is 38.8 Å². The molecule has 0 aliphatic carbocycles. The molecule has 1 heterocycles. The lowest BCUT2D eigenvalue weighted by molar-refractivity contribution is -0.147. The van der Waals surface area contributed by atoms with Crippen LogP contribution in [0.25, 0.3) is 11.1 Å². The minimum atomic E-state index is -4.80. The van der Waals surface area contributed by atoms with Crippen LogP contribution in [0, 0.1) is 17.1 Å². The highest BCUT2D eigenvalue weighted by Gasteiger charge is 2.39. The number of nitrogens with one attached hydrogen (secondary N) is 2. The third-order valence-corrected chi connectivity index (χ3v) is 6.59. The van der Waals surface area contributed by atoms with Crippen LogP contribution in [0.3, 0.4) is 0 Å². The Morgan fingerprint density at radius 3 is 2.38 bits per heavy atom. The molecule has 1 aromatic carbocycles. The second-order valence-electron chi connectivity index (χ2n) is 7.72. The second-order valence-corrected chi connectivity index (χ2v) is 9.43. The molecule has 202 valence electrons. The molecule has 0 aliphatic heterocycles. The summed E-state index contributed by atoms with van der Waals surface area (Å²) in [4.78, 5) is 3.47. The first-order chi connectivity index (χ1) is 17.2. The van der Waals surface area contributed by atoms with Crippen LogP contribution < -0.4 is 14.8 Å². The van der Waals surface area contributed by atoms with Gasteiger partial charge in [-0.15, -0.1) is 0 Å². The summed E-state index contributed by atoms with van der Waals surface area (Å²) in [5.74, 6) is -1.86. The van der Waals surface area contributed by atoms with Gasteiger partial charge in [-0.2, -0.15) is 31.9 Å². The molecule has 0 saturated heterocycles. The monoisotopic (exact) mass is 550 g/mol. The van der Waals surface area contributed by atoms with Crippen molar-refractivity contribution in [3.05, 3.63) is 47.5 Å². The van der Waals surface area contributed by atoms with Gasteiger partial charge in [0.1, 0.15) is 17.0 Å². The predicted molar refractivity (Wildman–Crippen MR) is 125 cm³/mol. The third-order valence-electron chi connectivity index (χ3n) is 5.07. The van der Waals surface area contributed by atoms with E-state index in [1.807, 2.05) is 13.0 Å². The van der Waals surface area contributed by atoms with E-state index in [9.17, 15) is 40.0 Å². The van der Waals surface area contributed by atoms with E-state index in [4.69, 9.17) is 0 Å². The Labute approximate surface area is 210 Å². The number of pyridine rings is 1. The Morgan fingerprint density at radius 2 is 1.89 bits per heavy atom. The molecule has 7 nitrogen and oxygen atoms in total.